The lowest BCUT2D eigenvalue weighted by Crippen LogP contribution is -2.40. The second kappa shape index (κ2) is 9.03. The highest BCUT2D eigenvalue weighted by molar-refractivity contribution is 7.90. The van der Waals surface area contributed by atoms with Crippen molar-refractivity contribution >= 4 is 27.9 Å². The first kappa shape index (κ1) is 24.2. The summed E-state index contributed by atoms with van der Waals surface area (Å²) in [5, 5.41) is 0. The van der Waals surface area contributed by atoms with Gasteiger partial charge < -0.3 is 9.15 Å². The molecule has 0 fully saturated rings. The van der Waals surface area contributed by atoms with Crippen molar-refractivity contribution in [3.8, 4) is 0 Å². The maximum atomic E-state index is 13.2. The van der Waals surface area contributed by atoms with E-state index < -0.39 is 33.5 Å². The molecule has 0 saturated carbocycles. The fourth-order valence-corrected chi connectivity index (χ4v) is 5.11. The Morgan fingerprint density at radius 3 is 2.29 bits per heavy atom. The third-order valence-electron chi connectivity index (χ3n) is 5.19. The number of carbonyl (C=O) groups excluding carboxylic acids is 3. The van der Waals surface area contributed by atoms with Crippen molar-refractivity contribution in [2.75, 3.05) is 0 Å². The molecule has 3 aromatic rings. The molecule has 10 heteroatoms. The lowest BCUT2D eigenvalue weighted by atomic mass is 10.1. The van der Waals surface area contributed by atoms with E-state index in [4.69, 9.17) is 9.15 Å². The van der Waals surface area contributed by atoms with Crippen LogP contribution in [0.1, 0.15) is 52.8 Å². The van der Waals surface area contributed by atoms with Gasteiger partial charge in [0.05, 0.1) is 24.9 Å². The van der Waals surface area contributed by atoms with E-state index >= 15 is 0 Å². The Labute approximate surface area is 202 Å². The quantitative estimate of drug-likeness (QED) is 0.520. The van der Waals surface area contributed by atoms with Gasteiger partial charge >= 0.3 is 6.09 Å². The molecule has 0 spiro atoms. The molecule has 0 bridgehead atoms. The number of furan rings is 1. The van der Waals surface area contributed by atoms with E-state index in [1.807, 2.05) is 0 Å². The molecular formula is C25H24N2O7S. The highest BCUT2D eigenvalue weighted by atomic mass is 32.2. The van der Waals surface area contributed by atoms with Gasteiger partial charge in [-0.3, -0.25) is 9.59 Å². The minimum absolute atomic E-state index is 0.0253. The number of hydrogen-bond acceptors (Lipinski definition) is 7. The van der Waals surface area contributed by atoms with Gasteiger partial charge in [0, 0.05) is 5.56 Å². The number of hydrogen-bond donors (Lipinski definition) is 0. The Morgan fingerprint density at radius 2 is 1.69 bits per heavy atom. The normalized spacial score (nSPS) is 14.5. The summed E-state index contributed by atoms with van der Waals surface area (Å²) in [5.41, 5.74) is 0.00459. The van der Waals surface area contributed by atoms with Gasteiger partial charge in [-0.15, -0.1) is 0 Å². The smallest absolute Gasteiger partial charge is 0.417 e. The summed E-state index contributed by atoms with van der Waals surface area (Å²) < 4.78 is 37.0. The van der Waals surface area contributed by atoms with Gasteiger partial charge in [-0.05, 0) is 62.7 Å². The molecule has 35 heavy (non-hydrogen) atoms. The largest absolute Gasteiger partial charge is 0.467 e. The summed E-state index contributed by atoms with van der Waals surface area (Å²) in [7, 11) is -3.95. The second-order valence-electron chi connectivity index (χ2n) is 8.96. The standard InChI is InChI=1S/C25H24N2O7S/c1-25(2,3)34-24(30)26(16-19-7-6-14-33-19)22(28)18-12-10-17(11-13-18)15-27-23(29)20-8-4-5-9-21(20)35(27,31)32/h4-14H,15-16H2,1-3H3. The van der Waals surface area contributed by atoms with Gasteiger partial charge in [0.25, 0.3) is 21.8 Å². The summed E-state index contributed by atoms with van der Waals surface area (Å²) in [6.07, 6.45) is 0.614. The van der Waals surface area contributed by atoms with Crippen LogP contribution >= 0.6 is 0 Å². The molecule has 1 aliphatic heterocycles. The van der Waals surface area contributed by atoms with Crippen LogP contribution in [0.3, 0.4) is 0 Å². The summed E-state index contributed by atoms with van der Waals surface area (Å²) in [6, 6.07) is 15.3. The number of ether oxygens (including phenoxy) is 1. The third kappa shape index (κ3) is 4.97. The third-order valence-corrected chi connectivity index (χ3v) is 6.98. The maximum Gasteiger partial charge on any atom is 0.417 e. The Bertz CT molecular complexity index is 1370. The lowest BCUT2D eigenvalue weighted by molar-refractivity contribution is 0.0216. The molecule has 0 N–H and O–H groups in total. The molecule has 2 aromatic carbocycles. The van der Waals surface area contributed by atoms with Crippen LogP contribution in [0, 0.1) is 0 Å². The van der Waals surface area contributed by atoms with Gasteiger partial charge in [0.1, 0.15) is 16.3 Å². The Balaban J connectivity index is 1.54. The van der Waals surface area contributed by atoms with Crippen molar-refractivity contribution in [3.05, 3.63) is 89.4 Å². The van der Waals surface area contributed by atoms with Crippen molar-refractivity contribution in [1.29, 1.82) is 0 Å². The van der Waals surface area contributed by atoms with Gasteiger partial charge in [-0.1, -0.05) is 24.3 Å². The second-order valence-corrected chi connectivity index (χ2v) is 10.8. The van der Waals surface area contributed by atoms with E-state index in [1.165, 1.54) is 30.5 Å². The van der Waals surface area contributed by atoms with Gasteiger partial charge in [-0.2, -0.15) is 0 Å². The van der Waals surface area contributed by atoms with E-state index in [0.29, 0.717) is 11.3 Å². The molecule has 1 aliphatic rings. The van der Waals surface area contributed by atoms with Crippen LogP contribution in [0.25, 0.3) is 0 Å². The number of benzene rings is 2. The number of carbonyl (C=O) groups is 3. The average molecular weight is 497 g/mol. The topological polar surface area (TPSA) is 114 Å². The minimum atomic E-state index is -3.95. The number of amides is 3. The first-order chi connectivity index (χ1) is 16.5. The van der Waals surface area contributed by atoms with E-state index in [9.17, 15) is 22.8 Å². The van der Waals surface area contributed by atoms with Crippen LogP contribution in [0.4, 0.5) is 4.79 Å². The molecule has 4 rings (SSSR count). The summed E-state index contributed by atoms with van der Waals surface area (Å²) in [6.45, 7) is 4.78. The maximum absolute atomic E-state index is 13.2. The van der Waals surface area contributed by atoms with Gasteiger partial charge in [-0.25, -0.2) is 22.4 Å². The molecule has 0 atom stereocenters. The first-order valence-electron chi connectivity index (χ1n) is 10.8. The number of rotatable bonds is 5. The molecule has 182 valence electrons. The number of sulfonamides is 1. The summed E-state index contributed by atoms with van der Waals surface area (Å²) in [5.74, 6) is -0.812. The monoisotopic (exact) mass is 496 g/mol. The Morgan fingerprint density at radius 1 is 1.00 bits per heavy atom. The van der Waals surface area contributed by atoms with Crippen LogP contribution in [0.5, 0.6) is 0 Å². The summed E-state index contributed by atoms with van der Waals surface area (Å²) >= 11 is 0. The Hall–Kier alpha value is -3.92. The average Bonchev–Trinajstić information content (AvgIpc) is 3.38. The molecular weight excluding hydrogens is 472 g/mol. The van der Waals surface area contributed by atoms with Crippen LogP contribution in [0.2, 0.25) is 0 Å². The van der Waals surface area contributed by atoms with Crippen molar-refractivity contribution in [2.45, 2.75) is 44.4 Å². The number of nitrogens with zero attached hydrogens (tertiary/aromatic N) is 2. The Kier molecular flexibility index (Phi) is 6.25. The van der Waals surface area contributed by atoms with Crippen LogP contribution < -0.4 is 0 Å². The van der Waals surface area contributed by atoms with Crippen molar-refractivity contribution in [2.24, 2.45) is 0 Å². The van der Waals surface area contributed by atoms with E-state index in [-0.39, 0.29) is 29.1 Å². The highest BCUT2D eigenvalue weighted by Gasteiger charge is 2.40. The molecule has 0 unspecified atom stereocenters. The van der Waals surface area contributed by atoms with Crippen molar-refractivity contribution in [1.82, 2.24) is 9.21 Å². The predicted octanol–water partition coefficient (Wildman–Crippen LogP) is 4.20. The molecule has 3 amide bonds. The molecule has 9 nitrogen and oxygen atoms in total. The van der Waals surface area contributed by atoms with Crippen LogP contribution in [-0.2, 0) is 27.8 Å². The zero-order valence-electron chi connectivity index (χ0n) is 19.4. The first-order valence-corrected chi connectivity index (χ1v) is 12.2. The molecule has 0 saturated heterocycles. The van der Waals surface area contributed by atoms with Gasteiger partial charge in [0.15, 0.2) is 0 Å². The van der Waals surface area contributed by atoms with E-state index in [0.717, 1.165) is 9.21 Å². The fourth-order valence-electron chi connectivity index (χ4n) is 3.56. The molecule has 2 heterocycles. The lowest BCUT2D eigenvalue weighted by Gasteiger charge is -2.25. The SMILES string of the molecule is CC(C)(C)OC(=O)N(Cc1ccco1)C(=O)c1ccc(CN2C(=O)c3ccccc3S2(=O)=O)cc1. The van der Waals surface area contributed by atoms with Crippen LogP contribution in [-0.4, -0.2) is 41.1 Å². The fraction of sp³-hybridized carbons (Fsp3) is 0.240. The van der Waals surface area contributed by atoms with E-state index in [2.05, 4.69) is 0 Å². The van der Waals surface area contributed by atoms with Crippen molar-refractivity contribution < 1.29 is 32.0 Å². The predicted molar refractivity (Wildman–Crippen MR) is 125 cm³/mol. The van der Waals surface area contributed by atoms with E-state index in [1.54, 1.807) is 57.2 Å². The molecule has 0 radical (unpaired) electrons. The van der Waals surface area contributed by atoms with Crippen molar-refractivity contribution in [3.63, 3.8) is 0 Å². The number of imide groups is 1. The minimum Gasteiger partial charge on any atom is -0.467 e. The number of fused-ring (bicyclic) bond motifs is 1. The van der Waals surface area contributed by atoms with Gasteiger partial charge in [0.2, 0.25) is 0 Å². The molecule has 1 aromatic heterocycles. The summed E-state index contributed by atoms with van der Waals surface area (Å²) in [4.78, 5) is 39.5. The molecule has 0 aliphatic carbocycles. The zero-order chi connectivity index (χ0) is 25.4. The van der Waals surface area contributed by atoms with Crippen LogP contribution in [0.15, 0.2) is 76.2 Å². The zero-order valence-corrected chi connectivity index (χ0v) is 20.2. The highest BCUT2D eigenvalue weighted by Crippen LogP contribution is 2.31.